The number of rotatable bonds is 4. The number of fused-ring (bicyclic) bond motifs is 3. The summed E-state index contributed by atoms with van der Waals surface area (Å²) in [6.07, 6.45) is 6.62. The molecule has 23 heavy (non-hydrogen) atoms. The summed E-state index contributed by atoms with van der Waals surface area (Å²) in [5.74, 6) is 2.86. The monoisotopic (exact) mass is 312 g/mol. The van der Waals surface area contributed by atoms with Crippen LogP contribution >= 0.6 is 0 Å². The normalized spacial score (nSPS) is 31.2. The largest absolute Gasteiger partial charge is 0.310 e. The molecular weight excluding hydrogens is 284 g/mol. The first kappa shape index (κ1) is 15.2. The maximum Gasteiger partial charge on any atom is 0.243 e. The SMILES string of the molecule is C[C@H](N[C@H](C)[C@H]1C[C@H]2CC[C@H]1C2)C(=O)N1CCc2ccccc21. The molecule has 0 spiro atoms. The minimum atomic E-state index is -0.102. The van der Waals surface area contributed by atoms with E-state index < -0.39 is 0 Å². The fourth-order valence-corrected chi connectivity index (χ4v) is 5.30. The van der Waals surface area contributed by atoms with Crippen LogP contribution in [0.25, 0.3) is 0 Å². The quantitative estimate of drug-likeness (QED) is 0.924. The van der Waals surface area contributed by atoms with Crippen LogP contribution in [0.4, 0.5) is 5.69 Å². The first-order valence-electron chi connectivity index (χ1n) is 9.29. The van der Waals surface area contributed by atoms with Crippen molar-refractivity contribution in [3.8, 4) is 0 Å². The van der Waals surface area contributed by atoms with Gasteiger partial charge in [0.05, 0.1) is 6.04 Å². The Morgan fingerprint density at radius 3 is 2.78 bits per heavy atom. The maximum atomic E-state index is 12.9. The number of benzene rings is 1. The molecular formula is C20H28N2O. The van der Waals surface area contributed by atoms with E-state index in [1.165, 1.54) is 31.2 Å². The van der Waals surface area contributed by atoms with Crippen LogP contribution in [-0.2, 0) is 11.2 Å². The molecule has 1 amide bonds. The van der Waals surface area contributed by atoms with E-state index in [-0.39, 0.29) is 11.9 Å². The van der Waals surface area contributed by atoms with Gasteiger partial charge in [-0.25, -0.2) is 0 Å². The van der Waals surface area contributed by atoms with E-state index in [2.05, 4.69) is 30.4 Å². The number of amides is 1. The van der Waals surface area contributed by atoms with Crippen LogP contribution in [0, 0.1) is 17.8 Å². The molecule has 2 aliphatic carbocycles. The summed E-state index contributed by atoms with van der Waals surface area (Å²) in [6.45, 7) is 5.15. The number of carbonyl (C=O) groups excluding carboxylic acids is 1. The molecule has 4 rings (SSSR count). The Morgan fingerprint density at radius 1 is 1.22 bits per heavy atom. The van der Waals surface area contributed by atoms with Crippen LogP contribution in [0.3, 0.4) is 0 Å². The molecule has 0 unspecified atom stereocenters. The lowest BCUT2D eigenvalue weighted by Crippen LogP contribution is -2.49. The fourth-order valence-electron chi connectivity index (χ4n) is 5.30. The molecule has 3 heteroatoms. The molecule has 5 atom stereocenters. The highest BCUT2D eigenvalue weighted by molar-refractivity contribution is 5.98. The number of nitrogens with one attached hydrogen (secondary N) is 1. The Balaban J connectivity index is 1.39. The van der Waals surface area contributed by atoms with E-state index in [0.717, 1.165) is 36.4 Å². The van der Waals surface area contributed by atoms with Gasteiger partial charge >= 0.3 is 0 Å². The molecule has 1 aromatic rings. The van der Waals surface area contributed by atoms with Gasteiger partial charge in [0.25, 0.3) is 0 Å². The van der Waals surface area contributed by atoms with Gasteiger partial charge in [-0.15, -0.1) is 0 Å². The average molecular weight is 312 g/mol. The standard InChI is InChI=1S/C20H28N2O/c1-13(18-12-15-7-8-17(18)11-15)21-14(2)20(23)22-10-9-16-5-3-4-6-19(16)22/h3-6,13-15,17-18,21H,7-12H2,1-2H3/t13-,14+,15+,17+,18-/m1/s1. The summed E-state index contributed by atoms with van der Waals surface area (Å²) in [6, 6.07) is 8.65. The van der Waals surface area contributed by atoms with Crippen molar-refractivity contribution in [2.75, 3.05) is 11.4 Å². The number of para-hydroxylation sites is 1. The third-order valence-corrected chi connectivity index (χ3v) is 6.47. The lowest BCUT2D eigenvalue weighted by atomic mass is 9.83. The highest BCUT2D eigenvalue weighted by Gasteiger charge is 2.42. The Hall–Kier alpha value is -1.35. The highest BCUT2D eigenvalue weighted by Crippen LogP contribution is 2.49. The van der Waals surface area contributed by atoms with Gasteiger partial charge < -0.3 is 10.2 Å². The number of anilines is 1. The molecule has 3 nitrogen and oxygen atoms in total. The molecule has 2 bridgehead atoms. The van der Waals surface area contributed by atoms with Crippen molar-refractivity contribution in [3.05, 3.63) is 29.8 Å². The summed E-state index contributed by atoms with van der Waals surface area (Å²) in [5, 5.41) is 3.62. The van der Waals surface area contributed by atoms with Crippen molar-refractivity contribution in [2.45, 2.75) is 58.0 Å². The second-order valence-corrected chi connectivity index (χ2v) is 7.88. The van der Waals surface area contributed by atoms with Gasteiger partial charge in [0, 0.05) is 18.3 Å². The molecule has 1 aromatic carbocycles. The fraction of sp³-hybridized carbons (Fsp3) is 0.650. The van der Waals surface area contributed by atoms with Gasteiger partial charge in [0.2, 0.25) is 5.91 Å². The van der Waals surface area contributed by atoms with Crippen molar-refractivity contribution < 1.29 is 4.79 Å². The molecule has 1 heterocycles. The average Bonchev–Trinajstić information content (AvgIpc) is 3.28. The molecule has 0 saturated heterocycles. The summed E-state index contributed by atoms with van der Waals surface area (Å²) in [5.41, 5.74) is 2.41. The van der Waals surface area contributed by atoms with Crippen LogP contribution in [-0.4, -0.2) is 24.5 Å². The van der Waals surface area contributed by atoms with Gasteiger partial charge in [-0.2, -0.15) is 0 Å². The zero-order chi connectivity index (χ0) is 16.0. The van der Waals surface area contributed by atoms with Crippen LogP contribution in [0.1, 0.15) is 45.1 Å². The second kappa shape index (κ2) is 5.94. The number of nitrogens with zero attached hydrogens (tertiary/aromatic N) is 1. The molecule has 0 aromatic heterocycles. The zero-order valence-electron chi connectivity index (χ0n) is 14.3. The van der Waals surface area contributed by atoms with Crippen LogP contribution in [0.5, 0.6) is 0 Å². The van der Waals surface area contributed by atoms with E-state index in [1.54, 1.807) is 0 Å². The van der Waals surface area contributed by atoms with Crippen molar-refractivity contribution >= 4 is 11.6 Å². The van der Waals surface area contributed by atoms with Crippen molar-refractivity contribution in [1.29, 1.82) is 0 Å². The van der Waals surface area contributed by atoms with Crippen LogP contribution < -0.4 is 10.2 Å². The van der Waals surface area contributed by atoms with Crippen LogP contribution in [0.2, 0.25) is 0 Å². The molecule has 3 aliphatic rings. The smallest absolute Gasteiger partial charge is 0.243 e. The molecule has 1 N–H and O–H groups in total. The third kappa shape index (κ3) is 2.69. The van der Waals surface area contributed by atoms with Gasteiger partial charge in [0.1, 0.15) is 0 Å². The Kier molecular flexibility index (Phi) is 3.92. The van der Waals surface area contributed by atoms with E-state index >= 15 is 0 Å². The van der Waals surface area contributed by atoms with Crippen molar-refractivity contribution in [1.82, 2.24) is 5.32 Å². The van der Waals surface area contributed by atoms with Gasteiger partial charge in [0.15, 0.2) is 0 Å². The van der Waals surface area contributed by atoms with E-state index in [1.807, 2.05) is 17.9 Å². The van der Waals surface area contributed by atoms with Gasteiger partial charge in [-0.3, -0.25) is 4.79 Å². The van der Waals surface area contributed by atoms with E-state index in [0.29, 0.717) is 6.04 Å². The zero-order valence-corrected chi connectivity index (χ0v) is 14.3. The number of hydrogen-bond acceptors (Lipinski definition) is 2. The molecule has 2 fully saturated rings. The topological polar surface area (TPSA) is 32.3 Å². The molecule has 1 aliphatic heterocycles. The molecule has 2 saturated carbocycles. The van der Waals surface area contributed by atoms with Gasteiger partial charge in [-0.1, -0.05) is 24.6 Å². The van der Waals surface area contributed by atoms with E-state index in [4.69, 9.17) is 0 Å². The first-order chi connectivity index (χ1) is 11.1. The lowest BCUT2D eigenvalue weighted by molar-refractivity contribution is -0.120. The van der Waals surface area contributed by atoms with Crippen molar-refractivity contribution in [3.63, 3.8) is 0 Å². The van der Waals surface area contributed by atoms with E-state index in [9.17, 15) is 4.79 Å². The Bertz CT molecular complexity index is 599. The maximum absolute atomic E-state index is 12.9. The summed E-state index contributed by atoms with van der Waals surface area (Å²) < 4.78 is 0. The predicted molar refractivity (Wildman–Crippen MR) is 93.5 cm³/mol. The number of carbonyl (C=O) groups is 1. The Morgan fingerprint density at radius 2 is 2.04 bits per heavy atom. The Labute approximate surface area is 139 Å². The predicted octanol–water partition coefficient (Wildman–Crippen LogP) is 3.38. The summed E-state index contributed by atoms with van der Waals surface area (Å²) in [7, 11) is 0. The third-order valence-electron chi connectivity index (χ3n) is 6.47. The van der Waals surface area contributed by atoms with Crippen LogP contribution in [0.15, 0.2) is 24.3 Å². The lowest BCUT2D eigenvalue weighted by Gasteiger charge is -2.32. The second-order valence-electron chi connectivity index (χ2n) is 7.88. The first-order valence-corrected chi connectivity index (χ1v) is 9.29. The highest BCUT2D eigenvalue weighted by atomic mass is 16.2. The molecule has 0 radical (unpaired) electrons. The van der Waals surface area contributed by atoms with Crippen molar-refractivity contribution in [2.24, 2.45) is 17.8 Å². The summed E-state index contributed by atoms with van der Waals surface area (Å²) in [4.78, 5) is 14.9. The minimum Gasteiger partial charge on any atom is -0.310 e. The molecule has 124 valence electrons. The number of hydrogen-bond donors (Lipinski definition) is 1. The summed E-state index contributed by atoms with van der Waals surface area (Å²) >= 11 is 0. The van der Waals surface area contributed by atoms with Gasteiger partial charge in [-0.05, 0) is 68.9 Å². The minimum absolute atomic E-state index is 0.102.